The SMILES string of the molecule is OCC(F)(F)C(F)(F)OC(F)(F)F. The van der Waals surface area contributed by atoms with E-state index in [-0.39, 0.29) is 0 Å². The highest BCUT2D eigenvalue weighted by atomic mass is 19.4. The van der Waals surface area contributed by atoms with E-state index in [2.05, 4.69) is 0 Å². The van der Waals surface area contributed by atoms with Crippen molar-refractivity contribution in [1.29, 1.82) is 0 Å². The molecule has 0 saturated heterocycles. The normalized spacial score (nSPS) is 14.8. The van der Waals surface area contributed by atoms with Crippen molar-refractivity contribution < 1.29 is 40.6 Å². The van der Waals surface area contributed by atoms with E-state index in [9.17, 15) is 30.7 Å². The van der Waals surface area contributed by atoms with Crippen molar-refractivity contribution in [3.63, 3.8) is 0 Å². The Labute approximate surface area is 66.9 Å². The molecule has 2 nitrogen and oxygen atoms in total. The van der Waals surface area contributed by atoms with E-state index in [0.29, 0.717) is 0 Å². The summed E-state index contributed by atoms with van der Waals surface area (Å²) in [7, 11) is 0. The summed E-state index contributed by atoms with van der Waals surface area (Å²) in [5.74, 6) is -5.28. The maximum absolute atomic E-state index is 11.8. The summed E-state index contributed by atoms with van der Waals surface area (Å²) in [6.07, 6.45) is -11.7. The lowest BCUT2D eigenvalue weighted by atomic mass is 10.3. The van der Waals surface area contributed by atoms with Crippen LogP contribution in [0.25, 0.3) is 0 Å². The molecule has 0 unspecified atom stereocenters. The molecule has 0 heterocycles. The number of aliphatic hydroxyl groups is 1. The van der Waals surface area contributed by atoms with Crippen LogP contribution in [0.5, 0.6) is 0 Å². The van der Waals surface area contributed by atoms with Gasteiger partial charge in [0.15, 0.2) is 0 Å². The lowest BCUT2D eigenvalue weighted by molar-refractivity contribution is -0.467. The van der Waals surface area contributed by atoms with Gasteiger partial charge in [-0.25, -0.2) is 4.74 Å². The fourth-order valence-electron chi connectivity index (χ4n) is 0.312. The van der Waals surface area contributed by atoms with Crippen LogP contribution in [0.3, 0.4) is 0 Å². The van der Waals surface area contributed by atoms with Crippen LogP contribution in [0, 0.1) is 0 Å². The predicted octanol–water partition coefficient (Wildman–Crippen LogP) is 1.74. The molecule has 9 heteroatoms. The molecule has 0 rings (SSSR count). The van der Waals surface area contributed by atoms with Gasteiger partial charge in [-0.3, -0.25) is 0 Å². The van der Waals surface area contributed by atoms with Gasteiger partial charge >= 0.3 is 18.4 Å². The smallest absolute Gasteiger partial charge is 0.390 e. The molecule has 13 heavy (non-hydrogen) atoms. The largest absolute Gasteiger partial charge is 0.527 e. The van der Waals surface area contributed by atoms with E-state index in [0.717, 1.165) is 0 Å². The van der Waals surface area contributed by atoms with Crippen molar-refractivity contribution in [2.45, 2.75) is 18.4 Å². The van der Waals surface area contributed by atoms with Crippen molar-refractivity contribution in [2.75, 3.05) is 6.61 Å². The number of alkyl halides is 7. The Balaban J connectivity index is 4.58. The molecule has 0 amide bonds. The lowest BCUT2D eigenvalue weighted by Gasteiger charge is -2.24. The Morgan fingerprint density at radius 2 is 1.31 bits per heavy atom. The first-order valence-electron chi connectivity index (χ1n) is 2.65. The molecule has 0 saturated carbocycles. The van der Waals surface area contributed by atoms with Crippen LogP contribution in [0.2, 0.25) is 0 Å². The van der Waals surface area contributed by atoms with E-state index >= 15 is 0 Å². The van der Waals surface area contributed by atoms with E-state index in [1.807, 2.05) is 4.74 Å². The third-order valence-corrected chi connectivity index (χ3v) is 0.868. The fourth-order valence-corrected chi connectivity index (χ4v) is 0.312. The van der Waals surface area contributed by atoms with Gasteiger partial charge < -0.3 is 5.11 Å². The first kappa shape index (κ1) is 12.4. The molecule has 1 N–H and O–H groups in total. The molecule has 0 spiro atoms. The van der Waals surface area contributed by atoms with Crippen molar-refractivity contribution in [3.8, 4) is 0 Å². The first-order chi connectivity index (χ1) is 5.52. The van der Waals surface area contributed by atoms with Crippen LogP contribution in [0.1, 0.15) is 0 Å². The van der Waals surface area contributed by atoms with E-state index in [1.54, 1.807) is 0 Å². The van der Waals surface area contributed by atoms with Gasteiger partial charge in [-0.1, -0.05) is 0 Å². The zero-order valence-corrected chi connectivity index (χ0v) is 5.71. The molecule has 0 aromatic heterocycles. The van der Waals surface area contributed by atoms with Crippen LogP contribution in [-0.4, -0.2) is 30.1 Å². The van der Waals surface area contributed by atoms with Gasteiger partial charge in [0.2, 0.25) is 0 Å². The third-order valence-electron chi connectivity index (χ3n) is 0.868. The molecule has 0 aromatic carbocycles. The second-order valence-corrected chi connectivity index (χ2v) is 1.93. The van der Waals surface area contributed by atoms with Crippen molar-refractivity contribution in [3.05, 3.63) is 0 Å². The summed E-state index contributed by atoms with van der Waals surface area (Å²) >= 11 is 0. The topological polar surface area (TPSA) is 29.5 Å². The van der Waals surface area contributed by atoms with Crippen LogP contribution >= 0.6 is 0 Å². The molecule has 80 valence electrons. The highest BCUT2D eigenvalue weighted by Crippen LogP contribution is 2.39. The van der Waals surface area contributed by atoms with Gasteiger partial charge in [-0.2, -0.15) is 17.6 Å². The molecular formula is C4H3F7O2. The highest BCUT2D eigenvalue weighted by Gasteiger charge is 2.62. The summed E-state index contributed by atoms with van der Waals surface area (Å²) in [4.78, 5) is 0. The van der Waals surface area contributed by atoms with Gasteiger partial charge in [0, 0.05) is 0 Å². The molecule has 0 atom stereocenters. The minimum absolute atomic E-state index is 1.84. The first-order valence-corrected chi connectivity index (χ1v) is 2.65. The standard InChI is InChI=1S/C4H3F7O2/c5-2(6,1-12)3(7,8)13-4(9,10)11/h12H,1H2. The van der Waals surface area contributed by atoms with Gasteiger partial charge in [-0.05, 0) is 0 Å². The molecule has 0 radical (unpaired) electrons. The lowest BCUT2D eigenvalue weighted by Crippen LogP contribution is -2.48. The van der Waals surface area contributed by atoms with Gasteiger partial charge in [-0.15, -0.1) is 13.2 Å². The van der Waals surface area contributed by atoms with Crippen molar-refractivity contribution >= 4 is 0 Å². The Hall–Kier alpha value is -0.570. The number of hydrogen-bond acceptors (Lipinski definition) is 2. The molecule has 0 aromatic rings. The Kier molecular flexibility index (Phi) is 3.15. The van der Waals surface area contributed by atoms with Crippen LogP contribution in [0.4, 0.5) is 30.7 Å². The van der Waals surface area contributed by atoms with Gasteiger partial charge in [0.1, 0.15) is 6.61 Å². The Morgan fingerprint density at radius 3 is 1.54 bits per heavy atom. The van der Waals surface area contributed by atoms with Gasteiger partial charge in [0.05, 0.1) is 0 Å². The van der Waals surface area contributed by atoms with Gasteiger partial charge in [0.25, 0.3) is 0 Å². The molecule has 0 fully saturated rings. The second kappa shape index (κ2) is 3.29. The fraction of sp³-hybridized carbons (Fsp3) is 1.00. The molecule has 0 bridgehead atoms. The molecule has 0 aliphatic heterocycles. The number of ether oxygens (including phenoxy) is 1. The van der Waals surface area contributed by atoms with Crippen LogP contribution < -0.4 is 0 Å². The van der Waals surface area contributed by atoms with Crippen molar-refractivity contribution in [2.24, 2.45) is 0 Å². The number of aliphatic hydroxyl groups excluding tert-OH is 1. The third kappa shape index (κ3) is 3.35. The summed E-state index contributed by atoms with van der Waals surface area (Å²) in [5.41, 5.74) is 0. The molecule has 0 aliphatic rings. The number of halogens is 7. The summed E-state index contributed by atoms with van der Waals surface area (Å²) < 4.78 is 82.5. The van der Waals surface area contributed by atoms with Crippen LogP contribution in [0.15, 0.2) is 0 Å². The second-order valence-electron chi connectivity index (χ2n) is 1.93. The minimum atomic E-state index is -5.90. The van der Waals surface area contributed by atoms with E-state index in [1.165, 1.54) is 0 Å². The average Bonchev–Trinajstić information content (AvgIpc) is 1.81. The zero-order chi connectivity index (χ0) is 10.9. The summed E-state index contributed by atoms with van der Waals surface area (Å²) in [5, 5.41) is 7.65. The Bertz CT molecular complexity index is 174. The zero-order valence-electron chi connectivity index (χ0n) is 5.71. The summed E-state index contributed by atoms with van der Waals surface area (Å²) in [6.45, 7) is -2.45. The van der Waals surface area contributed by atoms with Crippen molar-refractivity contribution in [1.82, 2.24) is 0 Å². The highest BCUT2D eigenvalue weighted by molar-refractivity contribution is 4.75. The minimum Gasteiger partial charge on any atom is -0.390 e. The average molecular weight is 216 g/mol. The maximum Gasteiger partial charge on any atom is 0.527 e. The Morgan fingerprint density at radius 1 is 0.923 bits per heavy atom. The monoisotopic (exact) mass is 216 g/mol. The van der Waals surface area contributed by atoms with E-state index < -0.39 is 25.0 Å². The predicted molar refractivity (Wildman–Crippen MR) is 24.1 cm³/mol. The quantitative estimate of drug-likeness (QED) is 0.728. The molecular weight excluding hydrogens is 213 g/mol. The van der Waals surface area contributed by atoms with Crippen LogP contribution in [-0.2, 0) is 4.74 Å². The number of rotatable bonds is 3. The van der Waals surface area contributed by atoms with E-state index in [4.69, 9.17) is 5.11 Å². The summed E-state index contributed by atoms with van der Waals surface area (Å²) in [6, 6.07) is 0. The molecule has 0 aliphatic carbocycles. The number of hydrogen-bond donors (Lipinski definition) is 1. The maximum atomic E-state index is 11.8.